The van der Waals surface area contributed by atoms with Crippen molar-refractivity contribution in [2.75, 3.05) is 0 Å². The number of carbonyl (C=O) groups is 1. The highest BCUT2D eigenvalue weighted by molar-refractivity contribution is 5.66. The summed E-state index contributed by atoms with van der Waals surface area (Å²) < 4.78 is 52.2. The Kier molecular flexibility index (Phi) is 6.74. The Bertz CT molecular complexity index is 732. The molecule has 0 fully saturated rings. The summed E-state index contributed by atoms with van der Waals surface area (Å²) in [4.78, 5) is 10.8. The third-order valence-corrected chi connectivity index (χ3v) is 3.99. The minimum Gasteiger partial charge on any atom is -0.481 e. The zero-order valence-corrected chi connectivity index (χ0v) is 13.9. The van der Waals surface area contributed by atoms with Crippen LogP contribution in [0.1, 0.15) is 29.5 Å². The van der Waals surface area contributed by atoms with Crippen molar-refractivity contribution in [2.45, 2.75) is 38.0 Å². The van der Waals surface area contributed by atoms with E-state index in [2.05, 4.69) is 5.32 Å². The third kappa shape index (κ3) is 6.15. The summed E-state index contributed by atoms with van der Waals surface area (Å²) in [6, 6.07) is 11.3. The van der Waals surface area contributed by atoms with Gasteiger partial charge in [0, 0.05) is 24.6 Å². The maximum absolute atomic E-state index is 13.8. The zero-order valence-electron chi connectivity index (χ0n) is 13.9. The first-order chi connectivity index (χ1) is 12.3. The molecule has 0 amide bonds. The van der Waals surface area contributed by atoms with Crippen molar-refractivity contribution in [1.82, 2.24) is 5.32 Å². The van der Waals surface area contributed by atoms with Crippen LogP contribution in [0.5, 0.6) is 0 Å². The first-order valence-electron chi connectivity index (χ1n) is 8.10. The summed E-state index contributed by atoms with van der Waals surface area (Å²) in [7, 11) is 0. The Labute approximate surface area is 148 Å². The fourth-order valence-corrected chi connectivity index (χ4v) is 2.61. The van der Waals surface area contributed by atoms with E-state index in [9.17, 15) is 22.4 Å². The lowest BCUT2D eigenvalue weighted by Crippen LogP contribution is -2.31. The smallest absolute Gasteiger partial charge is 0.416 e. The predicted octanol–water partition coefficient (Wildman–Crippen LogP) is 4.41. The van der Waals surface area contributed by atoms with Gasteiger partial charge in [-0.1, -0.05) is 30.3 Å². The summed E-state index contributed by atoms with van der Waals surface area (Å²) in [6.07, 6.45) is -3.86. The second kappa shape index (κ2) is 8.80. The second-order valence-electron chi connectivity index (χ2n) is 6.00. The van der Waals surface area contributed by atoms with Crippen LogP contribution in [-0.4, -0.2) is 17.1 Å². The normalized spacial score (nSPS) is 12.8. The van der Waals surface area contributed by atoms with Gasteiger partial charge in [0.1, 0.15) is 5.82 Å². The number of carboxylic acid groups (broad SMARTS) is 1. The number of benzene rings is 2. The molecule has 140 valence electrons. The van der Waals surface area contributed by atoms with Crippen LogP contribution in [0.4, 0.5) is 17.6 Å². The van der Waals surface area contributed by atoms with Gasteiger partial charge in [-0.3, -0.25) is 4.79 Å². The van der Waals surface area contributed by atoms with Crippen molar-refractivity contribution < 1.29 is 27.5 Å². The average Bonchev–Trinajstić information content (AvgIpc) is 2.58. The second-order valence-corrected chi connectivity index (χ2v) is 6.00. The average molecular weight is 369 g/mol. The molecule has 1 atom stereocenters. The molecule has 2 N–H and O–H groups in total. The van der Waals surface area contributed by atoms with Crippen LogP contribution in [0.15, 0.2) is 48.5 Å². The predicted molar refractivity (Wildman–Crippen MR) is 89.0 cm³/mol. The number of halogens is 4. The molecule has 0 aromatic heterocycles. The van der Waals surface area contributed by atoms with E-state index >= 15 is 0 Å². The highest BCUT2D eigenvalue weighted by Crippen LogP contribution is 2.30. The van der Waals surface area contributed by atoms with E-state index in [1.165, 1.54) is 0 Å². The molecule has 2 aromatic rings. The van der Waals surface area contributed by atoms with Gasteiger partial charge in [0.15, 0.2) is 0 Å². The van der Waals surface area contributed by atoms with Gasteiger partial charge >= 0.3 is 12.1 Å². The Morgan fingerprint density at radius 3 is 2.42 bits per heavy atom. The van der Waals surface area contributed by atoms with Gasteiger partial charge in [0.25, 0.3) is 0 Å². The SMILES string of the molecule is O=C(O)CCC(Cc1ccccc1)NCc1cc(C(F)(F)F)ccc1F. The molecule has 0 aliphatic rings. The van der Waals surface area contributed by atoms with Crippen LogP contribution in [0, 0.1) is 5.82 Å². The van der Waals surface area contributed by atoms with Gasteiger partial charge in [0.2, 0.25) is 0 Å². The Balaban J connectivity index is 2.09. The summed E-state index contributed by atoms with van der Waals surface area (Å²) in [5.74, 6) is -1.70. The molecule has 0 spiro atoms. The van der Waals surface area contributed by atoms with Crippen molar-refractivity contribution in [2.24, 2.45) is 0 Å². The molecule has 0 aliphatic heterocycles. The van der Waals surface area contributed by atoms with Gasteiger partial charge in [-0.2, -0.15) is 13.2 Å². The van der Waals surface area contributed by atoms with Crippen LogP contribution >= 0.6 is 0 Å². The number of hydrogen-bond acceptors (Lipinski definition) is 2. The van der Waals surface area contributed by atoms with E-state index in [4.69, 9.17) is 5.11 Å². The van der Waals surface area contributed by atoms with E-state index < -0.39 is 23.5 Å². The minimum absolute atomic E-state index is 0.0877. The molecule has 0 bridgehead atoms. The molecule has 2 rings (SSSR count). The molecule has 0 aliphatic carbocycles. The molecular formula is C19H19F4NO2. The Morgan fingerprint density at radius 1 is 1.12 bits per heavy atom. The first kappa shape index (κ1) is 19.9. The molecule has 0 heterocycles. The third-order valence-electron chi connectivity index (χ3n) is 3.99. The van der Waals surface area contributed by atoms with Crippen LogP contribution < -0.4 is 5.32 Å². The summed E-state index contributed by atoms with van der Waals surface area (Å²) in [5, 5.41) is 11.9. The minimum atomic E-state index is -4.55. The molecule has 3 nitrogen and oxygen atoms in total. The standard InChI is InChI=1S/C19H19F4NO2/c20-17-8-6-15(19(21,22)23)11-14(17)12-24-16(7-9-18(25)26)10-13-4-2-1-3-5-13/h1-6,8,11,16,24H,7,9-10,12H2,(H,25,26). The quantitative estimate of drug-likeness (QED) is 0.678. The van der Waals surface area contributed by atoms with E-state index in [0.29, 0.717) is 12.5 Å². The Morgan fingerprint density at radius 2 is 1.81 bits per heavy atom. The lowest BCUT2D eigenvalue weighted by atomic mass is 10.0. The van der Waals surface area contributed by atoms with Gasteiger partial charge < -0.3 is 10.4 Å². The van der Waals surface area contributed by atoms with Crippen LogP contribution in [0.25, 0.3) is 0 Å². The highest BCUT2D eigenvalue weighted by atomic mass is 19.4. The zero-order chi connectivity index (χ0) is 19.2. The molecule has 1 unspecified atom stereocenters. The van der Waals surface area contributed by atoms with E-state index in [0.717, 1.165) is 17.7 Å². The van der Waals surface area contributed by atoms with Gasteiger partial charge in [-0.05, 0) is 36.6 Å². The van der Waals surface area contributed by atoms with Gasteiger partial charge in [-0.15, -0.1) is 0 Å². The lowest BCUT2D eigenvalue weighted by Gasteiger charge is -2.19. The van der Waals surface area contributed by atoms with Gasteiger partial charge in [-0.25, -0.2) is 4.39 Å². The van der Waals surface area contributed by atoms with Crippen molar-refractivity contribution in [3.05, 3.63) is 71.0 Å². The topological polar surface area (TPSA) is 49.3 Å². The largest absolute Gasteiger partial charge is 0.481 e. The molecular weight excluding hydrogens is 350 g/mol. The van der Waals surface area contributed by atoms with Crippen LogP contribution in [-0.2, 0) is 23.9 Å². The monoisotopic (exact) mass is 369 g/mol. The fraction of sp³-hybridized carbons (Fsp3) is 0.316. The Hall–Kier alpha value is -2.41. The van der Waals surface area contributed by atoms with Gasteiger partial charge in [0.05, 0.1) is 5.56 Å². The first-order valence-corrected chi connectivity index (χ1v) is 8.10. The van der Waals surface area contributed by atoms with Crippen molar-refractivity contribution >= 4 is 5.97 Å². The number of nitrogens with one attached hydrogen (secondary N) is 1. The van der Waals surface area contributed by atoms with E-state index in [1.54, 1.807) is 0 Å². The molecule has 0 saturated carbocycles. The molecule has 2 aromatic carbocycles. The maximum atomic E-state index is 13.8. The molecule has 26 heavy (non-hydrogen) atoms. The van der Waals surface area contributed by atoms with E-state index in [1.807, 2.05) is 30.3 Å². The van der Waals surface area contributed by atoms with Crippen molar-refractivity contribution in [3.63, 3.8) is 0 Å². The lowest BCUT2D eigenvalue weighted by molar-refractivity contribution is -0.138. The number of hydrogen-bond donors (Lipinski definition) is 2. The highest BCUT2D eigenvalue weighted by Gasteiger charge is 2.31. The summed E-state index contributed by atoms with van der Waals surface area (Å²) in [6.45, 7) is -0.118. The van der Waals surface area contributed by atoms with Crippen LogP contribution in [0.3, 0.4) is 0 Å². The summed E-state index contributed by atoms with van der Waals surface area (Å²) in [5.41, 5.74) is -0.0611. The molecule has 7 heteroatoms. The fourth-order valence-electron chi connectivity index (χ4n) is 2.61. The number of alkyl halides is 3. The molecule has 0 saturated heterocycles. The van der Waals surface area contributed by atoms with E-state index in [-0.39, 0.29) is 31.0 Å². The van der Waals surface area contributed by atoms with Crippen molar-refractivity contribution in [3.8, 4) is 0 Å². The molecule has 0 radical (unpaired) electrons. The number of carboxylic acids is 1. The van der Waals surface area contributed by atoms with Crippen LogP contribution in [0.2, 0.25) is 0 Å². The maximum Gasteiger partial charge on any atom is 0.416 e. The number of rotatable bonds is 8. The summed E-state index contributed by atoms with van der Waals surface area (Å²) >= 11 is 0. The van der Waals surface area contributed by atoms with Crippen molar-refractivity contribution in [1.29, 1.82) is 0 Å². The number of aliphatic carboxylic acids is 1.